The fraction of sp³-hybridized carbons (Fsp3) is 0.417. The van der Waals surface area contributed by atoms with Crippen LogP contribution in [0.2, 0.25) is 0 Å². The first-order chi connectivity index (χ1) is 14.1. The summed E-state index contributed by atoms with van der Waals surface area (Å²) in [5, 5.41) is 0. The van der Waals surface area contributed by atoms with Crippen molar-refractivity contribution in [2.24, 2.45) is 5.41 Å². The maximum Gasteiger partial charge on any atom is 0.314 e. The van der Waals surface area contributed by atoms with Gasteiger partial charge in [-0.05, 0) is 43.9 Å². The molecule has 0 bridgehead atoms. The van der Waals surface area contributed by atoms with Gasteiger partial charge in [0.25, 0.3) is 0 Å². The summed E-state index contributed by atoms with van der Waals surface area (Å²) >= 11 is 0. The molecule has 0 aliphatic carbocycles. The third-order valence-electron chi connectivity index (χ3n) is 5.42. The van der Waals surface area contributed by atoms with Gasteiger partial charge in [0, 0.05) is 25.9 Å². The summed E-state index contributed by atoms with van der Waals surface area (Å²) in [6.07, 6.45) is 8.71. The lowest BCUT2D eigenvalue weighted by Gasteiger charge is -2.40. The summed E-state index contributed by atoms with van der Waals surface area (Å²) in [5.74, 6) is 0.654. The molecule has 2 heterocycles. The predicted octanol–water partition coefficient (Wildman–Crippen LogP) is 4.49. The minimum Gasteiger partial charge on any atom is -0.469 e. The average molecular weight is 395 g/mol. The Morgan fingerprint density at radius 2 is 2.03 bits per heavy atom. The molecule has 1 fully saturated rings. The minimum absolute atomic E-state index is 0.0572. The van der Waals surface area contributed by atoms with Crippen LogP contribution in [0.5, 0.6) is 0 Å². The number of nitrogens with zero attached hydrogens (tertiary/aromatic N) is 1. The lowest BCUT2D eigenvalue weighted by molar-refractivity contribution is -0.160. The second-order valence-electron chi connectivity index (χ2n) is 7.52. The third-order valence-corrected chi connectivity index (χ3v) is 5.42. The Bertz CT molecular complexity index is 813. The SMILES string of the molecule is CCOC(=O)C1(C/C=C/c2ccccc2)CCCN(C(=O)CCc2ccco2)C1. The van der Waals surface area contributed by atoms with E-state index < -0.39 is 5.41 Å². The Kier molecular flexibility index (Phi) is 7.28. The van der Waals surface area contributed by atoms with Crippen LogP contribution in [0.1, 0.15) is 43.9 Å². The van der Waals surface area contributed by atoms with Gasteiger partial charge >= 0.3 is 5.97 Å². The molecule has 1 aromatic carbocycles. The van der Waals surface area contributed by atoms with Crippen molar-refractivity contribution in [2.45, 2.75) is 39.0 Å². The summed E-state index contributed by atoms with van der Waals surface area (Å²) in [4.78, 5) is 27.5. The number of furan rings is 1. The Labute approximate surface area is 172 Å². The van der Waals surface area contributed by atoms with Gasteiger partial charge < -0.3 is 14.1 Å². The van der Waals surface area contributed by atoms with Crippen LogP contribution in [-0.2, 0) is 20.7 Å². The first-order valence-corrected chi connectivity index (χ1v) is 10.3. The quantitative estimate of drug-likeness (QED) is 0.618. The number of allylic oxidation sites excluding steroid dienone is 1. The first kappa shape index (κ1) is 20.9. The zero-order valence-corrected chi connectivity index (χ0v) is 17.0. The predicted molar refractivity (Wildman–Crippen MR) is 112 cm³/mol. The van der Waals surface area contributed by atoms with E-state index in [9.17, 15) is 9.59 Å². The smallest absolute Gasteiger partial charge is 0.314 e. The lowest BCUT2D eigenvalue weighted by atomic mass is 9.76. The number of aryl methyl sites for hydroxylation is 1. The van der Waals surface area contributed by atoms with Crippen LogP contribution in [-0.4, -0.2) is 36.5 Å². The molecule has 1 aromatic heterocycles. The normalized spacial score (nSPS) is 19.4. The zero-order chi connectivity index (χ0) is 20.5. The molecule has 1 atom stereocenters. The minimum atomic E-state index is -0.681. The van der Waals surface area contributed by atoms with E-state index in [0.29, 0.717) is 39.0 Å². The van der Waals surface area contributed by atoms with Gasteiger partial charge in [-0.1, -0.05) is 42.5 Å². The number of carbonyl (C=O) groups is 2. The molecule has 1 amide bonds. The van der Waals surface area contributed by atoms with Gasteiger partial charge in [-0.15, -0.1) is 0 Å². The molecule has 0 radical (unpaired) electrons. The van der Waals surface area contributed by atoms with Crippen LogP contribution in [0.15, 0.2) is 59.2 Å². The zero-order valence-electron chi connectivity index (χ0n) is 17.0. The van der Waals surface area contributed by atoms with E-state index in [-0.39, 0.29) is 11.9 Å². The Hall–Kier alpha value is -2.82. The molecular weight excluding hydrogens is 366 g/mol. The van der Waals surface area contributed by atoms with E-state index in [4.69, 9.17) is 9.15 Å². The van der Waals surface area contributed by atoms with E-state index in [0.717, 1.165) is 24.2 Å². The summed E-state index contributed by atoms with van der Waals surface area (Å²) in [6.45, 7) is 3.25. The molecule has 1 aliphatic rings. The number of piperidine rings is 1. The van der Waals surface area contributed by atoms with E-state index in [1.807, 2.05) is 66.4 Å². The highest BCUT2D eigenvalue weighted by molar-refractivity contribution is 5.81. The van der Waals surface area contributed by atoms with Crippen molar-refractivity contribution in [3.05, 3.63) is 66.1 Å². The molecule has 5 heteroatoms. The standard InChI is InChI=1S/C24H29NO4/c1-2-28-23(27)24(15-6-11-20-9-4-3-5-10-20)16-8-17-25(19-24)22(26)14-13-21-12-7-18-29-21/h3-7,9-12,18H,2,8,13-17,19H2,1H3/b11-6+. The highest BCUT2D eigenvalue weighted by Gasteiger charge is 2.43. The fourth-order valence-electron chi connectivity index (χ4n) is 3.87. The summed E-state index contributed by atoms with van der Waals surface area (Å²) < 4.78 is 10.7. The maximum atomic E-state index is 12.9. The molecule has 0 N–H and O–H groups in total. The van der Waals surface area contributed by atoms with Crippen molar-refractivity contribution in [3.63, 3.8) is 0 Å². The van der Waals surface area contributed by atoms with E-state index >= 15 is 0 Å². The molecule has 1 saturated heterocycles. The van der Waals surface area contributed by atoms with E-state index in [1.54, 1.807) is 6.26 Å². The highest BCUT2D eigenvalue weighted by Crippen LogP contribution is 2.36. The number of likely N-dealkylation sites (tertiary alicyclic amines) is 1. The molecule has 1 unspecified atom stereocenters. The van der Waals surface area contributed by atoms with Gasteiger partial charge in [-0.2, -0.15) is 0 Å². The Balaban J connectivity index is 1.68. The van der Waals surface area contributed by atoms with Crippen molar-refractivity contribution < 1.29 is 18.7 Å². The highest BCUT2D eigenvalue weighted by atomic mass is 16.5. The van der Waals surface area contributed by atoms with Gasteiger partial charge in [-0.25, -0.2) is 0 Å². The van der Waals surface area contributed by atoms with E-state index in [1.165, 1.54) is 0 Å². The van der Waals surface area contributed by atoms with Crippen molar-refractivity contribution in [1.29, 1.82) is 0 Å². The number of benzene rings is 1. The number of hydrogen-bond acceptors (Lipinski definition) is 4. The molecule has 3 rings (SSSR count). The number of rotatable bonds is 8. The first-order valence-electron chi connectivity index (χ1n) is 10.3. The van der Waals surface area contributed by atoms with Crippen molar-refractivity contribution in [2.75, 3.05) is 19.7 Å². The Morgan fingerprint density at radius 1 is 1.21 bits per heavy atom. The van der Waals surface area contributed by atoms with Gasteiger partial charge in [0.15, 0.2) is 0 Å². The van der Waals surface area contributed by atoms with Crippen molar-refractivity contribution >= 4 is 18.0 Å². The summed E-state index contributed by atoms with van der Waals surface area (Å²) in [6, 6.07) is 13.7. The topological polar surface area (TPSA) is 59.8 Å². The lowest BCUT2D eigenvalue weighted by Crippen LogP contribution is -2.50. The van der Waals surface area contributed by atoms with Crippen LogP contribution < -0.4 is 0 Å². The summed E-state index contributed by atoms with van der Waals surface area (Å²) in [7, 11) is 0. The number of amides is 1. The van der Waals surface area contributed by atoms with Crippen LogP contribution in [0.4, 0.5) is 0 Å². The fourth-order valence-corrected chi connectivity index (χ4v) is 3.87. The largest absolute Gasteiger partial charge is 0.469 e. The molecule has 2 aromatic rings. The van der Waals surface area contributed by atoms with Gasteiger partial charge in [-0.3, -0.25) is 9.59 Å². The third kappa shape index (κ3) is 5.59. The van der Waals surface area contributed by atoms with Gasteiger partial charge in [0.2, 0.25) is 5.91 Å². The molecular formula is C24H29NO4. The van der Waals surface area contributed by atoms with Gasteiger partial charge in [0.05, 0.1) is 18.3 Å². The number of esters is 1. The number of carbonyl (C=O) groups excluding carboxylic acids is 2. The van der Waals surface area contributed by atoms with Crippen molar-refractivity contribution in [3.8, 4) is 0 Å². The molecule has 1 aliphatic heterocycles. The molecule has 5 nitrogen and oxygen atoms in total. The van der Waals surface area contributed by atoms with Crippen LogP contribution >= 0.6 is 0 Å². The molecule has 29 heavy (non-hydrogen) atoms. The second kappa shape index (κ2) is 10.1. The van der Waals surface area contributed by atoms with Crippen LogP contribution in [0.25, 0.3) is 6.08 Å². The van der Waals surface area contributed by atoms with Crippen LogP contribution in [0, 0.1) is 5.41 Å². The monoisotopic (exact) mass is 395 g/mol. The number of hydrogen-bond donors (Lipinski definition) is 0. The molecule has 154 valence electrons. The second-order valence-corrected chi connectivity index (χ2v) is 7.52. The number of ether oxygens (including phenoxy) is 1. The molecule has 0 saturated carbocycles. The average Bonchev–Trinajstić information content (AvgIpc) is 3.27. The Morgan fingerprint density at radius 3 is 2.76 bits per heavy atom. The van der Waals surface area contributed by atoms with Crippen LogP contribution in [0.3, 0.4) is 0 Å². The van der Waals surface area contributed by atoms with Crippen molar-refractivity contribution in [1.82, 2.24) is 4.90 Å². The summed E-state index contributed by atoms with van der Waals surface area (Å²) in [5.41, 5.74) is 0.411. The van der Waals surface area contributed by atoms with Gasteiger partial charge in [0.1, 0.15) is 5.76 Å². The maximum absolute atomic E-state index is 12.9. The molecule has 0 spiro atoms. The van der Waals surface area contributed by atoms with E-state index in [2.05, 4.69) is 0 Å².